The minimum atomic E-state index is -0.872. The lowest BCUT2D eigenvalue weighted by Crippen LogP contribution is -2.31. The third-order valence-corrected chi connectivity index (χ3v) is 4.19. The van der Waals surface area contributed by atoms with E-state index in [1.54, 1.807) is 6.07 Å². The summed E-state index contributed by atoms with van der Waals surface area (Å²) in [5.74, 6) is -0.233. The Labute approximate surface area is 116 Å². The zero-order valence-corrected chi connectivity index (χ0v) is 11.5. The largest absolute Gasteiger partial charge is 0.477 e. The first kappa shape index (κ1) is 13.8. The second-order valence-corrected chi connectivity index (χ2v) is 5.83. The molecule has 0 bridgehead atoms. The van der Waals surface area contributed by atoms with Crippen molar-refractivity contribution in [3.05, 3.63) is 28.0 Å². The summed E-state index contributed by atoms with van der Waals surface area (Å²) in [5, 5.41) is 19.8. The molecule has 1 fully saturated rings. The van der Waals surface area contributed by atoms with Crippen LogP contribution in [0.4, 0.5) is 0 Å². The minimum absolute atomic E-state index is 0.338. The van der Waals surface area contributed by atoms with Crippen LogP contribution in [0, 0.1) is 5.41 Å². The highest BCUT2D eigenvalue weighted by molar-refractivity contribution is 7.14. The summed E-state index contributed by atoms with van der Waals surface area (Å²) in [6.45, 7) is 0. The zero-order valence-electron chi connectivity index (χ0n) is 10.7. The first-order valence-corrected chi connectivity index (χ1v) is 7.30. The van der Waals surface area contributed by atoms with E-state index in [0.29, 0.717) is 16.8 Å². The van der Waals surface area contributed by atoms with E-state index in [-0.39, 0.29) is 0 Å². The second-order valence-electron chi connectivity index (χ2n) is 4.71. The van der Waals surface area contributed by atoms with E-state index >= 15 is 0 Å². The van der Waals surface area contributed by atoms with Gasteiger partial charge in [-0.3, -0.25) is 5.41 Å². The highest BCUT2D eigenvalue weighted by Gasteiger charge is 2.12. The molecule has 0 amide bonds. The molecule has 0 saturated carbocycles. The third kappa shape index (κ3) is 4.21. The summed E-state index contributed by atoms with van der Waals surface area (Å²) in [7, 11) is 0. The fourth-order valence-corrected chi connectivity index (χ4v) is 2.94. The van der Waals surface area contributed by atoms with Crippen LogP contribution in [0.3, 0.4) is 0 Å². The SMILES string of the molecule is N=C1CCCCC(C/C=C/c2ccc(C(=O)O)s2)N1. The number of nitrogens with one attached hydrogen (secondary N) is 2. The maximum atomic E-state index is 10.8. The lowest BCUT2D eigenvalue weighted by molar-refractivity contribution is 0.0702. The average molecular weight is 278 g/mol. The summed E-state index contributed by atoms with van der Waals surface area (Å²) < 4.78 is 0. The van der Waals surface area contributed by atoms with E-state index in [4.69, 9.17) is 10.5 Å². The Hall–Kier alpha value is -1.62. The number of carbonyl (C=O) groups is 1. The molecule has 4 nitrogen and oxygen atoms in total. The van der Waals surface area contributed by atoms with Gasteiger partial charge in [-0.05, 0) is 37.5 Å². The van der Waals surface area contributed by atoms with Crippen LogP contribution in [0.1, 0.15) is 46.7 Å². The molecule has 1 aromatic rings. The van der Waals surface area contributed by atoms with Crippen LogP contribution in [0.2, 0.25) is 0 Å². The Morgan fingerprint density at radius 2 is 2.37 bits per heavy atom. The molecule has 1 unspecified atom stereocenters. The molecule has 102 valence electrons. The molecule has 3 N–H and O–H groups in total. The van der Waals surface area contributed by atoms with Crippen LogP contribution < -0.4 is 5.32 Å². The zero-order chi connectivity index (χ0) is 13.7. The number of amidine groups is 1. The molecule has 19 heavy (non-hydrogen) atoms. The van der Waals surface area contributed by atoms with Gasteiger partial charge in [0.25, 0.3) is 0 Å². The van der Waals surface area contributed by atoms with Crippen LogP contribution in [-0.4, -0.2) is 23.0 Å². The predicted molar refractivity (Wildman–Crippen MR) is 78.0 cm³/mol. The lowest BCUT2D eigenvalue weighted by Gasteiger charge is -2.14. The number of carboxylic acid groups (broad SMARTS) is 1. The summed E-state index contributed by atoms with van der Waals surface area (Å²) in [6, 6.07) is 3.80. The van der Waals surface area contributed by atoms with Crippen molar-refractivity contribution in [2.45, 2.75) is 38.1 Å². The Morgan fingerprint density at radius 1 is 1.53 bits per heavy atom. The van der Waals surface area contributed by atoms with E-state index < -0.39 is 5.97 Å². The molecule has 1 aromatic heterocycles. The van der Waals surface area contributed by atoms with E-state index in [1.807, 2.05) is 12.1 Å². The predicted octanol–water partition coefficient (Wildman–Crippen LogP) is 3.36. The van der Waals surface area contributed by atoms with Crippen LogP contribution >= 0.6 is 11.3 Å². The lowest BCUT2D eigenvalue weighted by atomic mass is 10.1. The molecule has 1 aliphatic heterocycles. The Morgan fingerprint density at radius 3 is 3.11 bits per heavy atom. The van der Waals surface area contributed by atoms with Gasteiger partial charge in [0.2, 0.25) is 0 Å². The van der Waals surface area contributed by atoms with Gasteiger partial charge in [-0.25, -0.2) is 4.79 Å². The van der Waals surface area contributed by atoms with E-state index in [1.165, 1.54) is 11.3 Å². The number of hydrogen-bond acceptors (Lipinski definition) is 3. The van der Waals surface area contributed by atoms with Gasteiger partial charge in [-0.15, -0.1) is 11.3 Å². The van der Waals surface area contributed by atoms with Crippen LogP contribution in [0.5, 0.6) is 0 Å². The second kappa shape index (κ2) is 6.52. The topological polar surface area (TPSA) is 73.2 Å². The molecule has 0 aliphatic carbocycles. The van der Waals surface area contributed by atoms with Crippen LogP contribution in [0.25, 0.3) is 6.08 Å². The molecule has 1 aliphatic rings. The quantitative estimate of drug-likeness (QED) is 0.790. The van der Waals surface area contributed by atoms with Gasteiger partial charge >= 0.3 is 5.97 Å². The third-order valence-electron chi connectivity index (χ3n) is 3.15. The van der Waals surface area contributed by atoms with E-state index in [0.717, 1.165) is 37.0 Å². The van der Waals surface area contributed by atoms with Crippen LogP contribution in [0.15, 0.2) is 18.2 Å². The van der Waals surface area contributed by atoms with Gasteiger partial charge in [0.15, 0.2) is 0 Å². The molecule has 1 atom stereocenters. The number of carboxylic acids is 1. The minimum Gasteiger partial charge on any atom is -0.477 e. The Bertz CT molecular complexity index is 493. The Kier molecular flexibility index (Phi) is 4.74. The fraction of sp³-hybridized carbons (Fsp3) is 0.429. The van der Waals surface area contributed by atoms with Gasteiger partial charge < -0.3 is 10.4 Å². The molecule has 0 spiro atoms. The van der Waals surface area contributed by atoms with Gasteiger partial charge in [-0.2, -0.15) is 0 Å². The molecule has 1 saturated heterocycles. The van der Waals surface area contributed by atoms with Gasteiger partial charge in [-0.1, -0.05) is 12.5 Å². The molecular weight excluding hydrogens is 260 g/mol. The van der Waals surface area contributed by atoms with Gasteiger partial charge in [0.05, 0.1) is 5.84 Å². The Balaban J connectivity index is 1.87. The summed E-state index contributed by atoms with van der Waals surface area (Å²) >= 11 is 1.28. The number of aromatic carboxylic acids is 1. The first-order chi connectivity index (χ1) is 9.15. The standard InChI is InChI=1S/C14H18N2O2S/c15-13-7-2-1-4-10(16-13)5-3-6-11-8-9-12(19-11)14(17)18/h3,6,8-10H,1-2,4-5,7H2,(H2,15,16)(H,17,18)/b6-3+. The smallest absolute Gasteiger partial charge is 0.345 e. The van der Waals surface area contributed by atoms with Crippen molar-refractivity contribution < 1.29 is 9.90 Å². The maximum Gasteiger partial charge on any atom is 0.345 e. The number of thiophene rings is 1. The van der Waals surface area contributed by atoms with Crippen molar-refractivity contribution in [2.75, 3.05) is 0 Å². The maximum absolute atomic E-state index is 10.8. The molecule has 0 aromatic carbocycles. The number of rotatable bonds is 4. The summed E-state index contributed by atoms with van der Waals surface area (Å²) in [6.07, 6.45) is 9.11. The molecule has 2 rings (SSSR count). The normalized spacial score (nSPS) is 20.2. The van der Waals surface area contributed by atoms with Crippen molar-refractivity contribution in [3.63, 3.8) is 0 Å². The van der Waals surface area contributed by atoms with Crippen molar-refractivity contribution in [2.24, 2.45) is 0 Å². The number of hydrogen-bond donors (Lipinski definition) is 3. The van der Waals surface area contributed by atoms with Gasteiger partial charge in [0, 0.05) is 17.3 Å². The molecule has 0 radical (unpaired) electrons. The molecule has 5 heteroatoms. The monoisotopic (exact) mass is 278 g/mol. The average Bonchev–Trinajstić information content (AvgIpc) is 2.74. The van der Waals surface area contributed by atoms with Crippen molar-refractivity contribution in [1.82, 2.24) is 5.32 Å². The highest BCUT2D eigenvalue weighted by Crippen LogP contribution is 2.19. The highest BCUT2D eigenvalue weighted by atomic mass is 32.1. The van der Waals surface area contributed by atoms with E-state index in [9.17, 15) is 4.79 Å². The van der Waals surface area contributed by atoms with Crippen molar-refractivity contribution in [3.8, 4) is 0 Å². The van der Waals surface area contributed by atoms with Gasteiger partial charge in [0.1, 0.15) is 4.88 Å². The molecular formula is C14H18N2O2S. The van der Waals surface area contributed by atoms with Crippen molar-refractivity contribution in [1.29, 1.82) is 5.41 Å². The summed E-state index contributed by atoms with van der Waals surface area (Å²) in [5.41, 5.74) is 0. The van der Waals surface area contributed by atoms with Crippen LogP contribution in [-0.2, 0) is 0 Å². The van der Waals surface area contributed by atoms with Crippen molar-refractivity contribution >= 4 is 29.2 Å². The van der Waals surface area contributed by atoms with E-state index in [2.05, 4.69) is 11.4 Å². The first-order valence-electron chi connectivity index (χ1n) is 6.49. The fourth-order valence-electron chi connectivity index (χ4n) is 2.17. The molecule has 2 heterocycles. The summed E-state index contributed by atoms with van der Waals surface area (Å²) in [4.78, 5) is 12.1.